The molecular weight excluding hydrogens is 146 g/mol. The highest BCUT2D eigenvalue weighted by Crippen LogP contribution is 2.27. The van der Waals surface area contributed by atoms with Crippen molar-refractivity contribution in [2.24, 2.45) is 5.73 Å². The molecule has 56 valence electrons. The summed E-state index contributed by atoms with van der Waals surface area (Å²) in [6, 6.07) is 0. The molecule has 0 aliphatic carbocycles. The van der Waals surface area contributed by atoms with Crippen LogP contribution in [0.4, 0.5) is 0 Å². The second-order valence-electron chi connectivity index (χ2n) is 2.04. The molecule has 0 fully saturated rings. The molecule has 0 saturated carbocycles. The molecule has 0 atom stereocenters. The fourth-order valence-electron chi connectivity index (χ4n) is 0.873. The van der Waals surface area contributed by atoms with Crippen LogP contribution in [-0.2, 0) is 6.54 Å². The molecule has 1 aromatic rings. The number of aryl methyl sites for hydroxylation is 1. The van der Waals surface area contributed by atoms with Gasteiger partial charge >= 0.3 is 0 Å². The van der Waals surface area contributed by atoms with Crippen LogP contribution >= 0.6 is 11.3 Å². The van der Waals surface area contributed by atoms with E-state index in [2.05, 4.69) is 6.92 Å². The SMILES string of the molecule is COc1csc(C)c1CN. The Balaban J connectivity index is 3.01. The number of methoxy groups -OCH3 is 1. The van der Waals surface area contributed by atoms with Gasteiger partial charge < -0.3 is 10.5 Å². The van der Waals surface area contributed by atoms with E-state index in [1.165, 1.54) is 4.88 Å². The highest BCUT2D eigenvalue weighted by Gasteiger charge is 2.05. The number of thiophene rings is 1. The van der Waals surface area contributed by atoms with Crippen molar-refractivity contribution < 1.29 is 4.74 Å². The molecule has 0 bridgehead atoms. The first-order valence-corrected chi connectivity index (χ1v) is 3.98. The van der Waals surface area contributed by atoms with Crippen LogP contribution < -0.4 is 10.5 Å². The monoisotopic (exact) mass is 157 g/mol. The van der Waals surface area contributed by atoms with Gasteiger partial charge in [-0.2, -0.15) is 0 Å². The molecule has 2 nitrogen and oxygen atoms in total. The highest BCUT2D eigenvalue weighted by atomic mass is 32.1. The van der Waals surface area contributed by atoms with Crippen molar-refractivity contribution in [3.8, 4) is 5.75 Å². The third-order valence-electron chi connectivity index (χ3n) is 1.49. The van der Waals surface area contributed by atoms with E-state index in [1.807, 2.05) is 5.38 Å². The molecule has 2 N–H and O–H groups in total. The number of hydrogen-bond donors (Lipinski definition) is 1. The second kappa shape index (κ2) is 3.03. The summed E-state index contributed by atoms with van der Waals surface area (Å²) in [7, 11) is 1.67. The summed E-state index contributed by atoms with van der Waals surface area (Å²) in [4.78, 5) is 1.25. The third-order valence-corrected chi connectivity index (χ3v) is 2.42. The summed E-state index contributed by atoms with van der Waals surface area (Å²) < 4.78 is 5.09. The summed E-state index contributed by atoms with van der Waals surface area (Å²) in [6.07, 6.45) is 0. The molecule has 1 aromatic heterocycles. The first-order valence-electron chi connectivity index (χ1n) is 3.10. The van der Waals surface area contributed by atoms with Crippen molar-refractivity contribution in [2.75, 3.05) is 7.11 Å². The molecule has 1 rings (SSSR count). The van der Waals surface area contributed by atoms with Crippen LogP contribution in [0.2, 0.25) is 0 Å². The maximum absolute atomic E-state index is 5.50. The molecule has 0 aliphatic rings. The van der Waals surface area contributed by atoms with Gasteiger partial charge in [0, 0.05) is 22.4 Å². The van der Waals surface area contributed by atoms with Gasteiger partial charge in [-0.15, -0.1) is 11.3 Å². The Morgan fingerprint density at radius 3 is 2.80 bits per heavy atom. The van der Waals surface area contributed by atoms with Gasteiger partial charge in [-0.05, 0) is 6.92 Å². The van der Waals surface area contributed by atoms with Crippen molar-refractivity contribution in [1.82, 2.24) is 0 Å². The Labute approximate surface area is 64.6 Å². The Kier molecular flexibility index (Phi) is 2.29. The van der Waals surface area contributed by atoms with Crippen LogP contribution in [0.1, 0.15) is 10.4 Å². The fraction of sp³-hybridized carbons (Fsp3) is 0.429. The molecule has 0 saturated heterocycles. The number of nitrogens with two attached hydrogens (primary N) is 1. The van der Waals surface area contributed by atoms with E-state index < -0.39 is 0 Å². The van der Waals surface area contributed by atoms with Crippen LogP contribution in [0.5, 0.6) is 5.75 Å². The van der Waals surface area contributed by atoms with Gasteiger partial charge in [-0.1, -0.05) is 0 Å². The highest BCUT2D eigenvalue weighted by molar-refractivity contribution is 7.10. The summed E-state index contributed by atoms with van der Waals surface area (Å²) in [5.41, 5.74) is 6.63. The molecular formula is C7H11NOS. The van der Waals surface area contributed by atoms with Crippen LogP contribution in [0.15, 0.2) is 5.38 Å². The van der Waals surface area contributed by atoms with Crippen molar-refractivity contribution in [3.05, 3.63) is 15.8 Å². The van der Waals surface area contributed by atoms with Gasteiger partial charge in [0.25, 0.3) is 0 Å². The molecule has 0 unspecified atom stereocenters. The zero-order chi connectivity index (χ0) is 7.56. The van der Waals surface area contributed by atoms with E-state index >= 15 is 0 Å². The number of hydrogen-bond acceptors (Lipinski definition) is 3. The first kappa shape index (κ1) is 7.57. The van der Waals surface area contributed by atoms with E-state index in [-0.39, 0.29) is 0 Å². The molecule has 0 amide bonds. The van der Waals surface area contributed by atoms with Crippen LogP contribution in [-0.4, -0.2) is 7.11 Å². The van der Waals surface area contributed by atoms with Gasteiger partial charge in [0.2, 0.25) is 0 Å². The number of ether oxygens (including phenoxy) is 1. The molecule has 0 radical (unpaired) electrons. The molecule has 0 spiro atoms. The Morgan fingerprint density at radius 1 is 1.70 bits per heavy atom. The maximum atomic E-state index is 5.50. The van der Waals surface area contributed by atoms with Crippen molar-refractivity contribution in [1.29, 1.82) is 0 Å². The van der Waals surface area contributed by atoms with Crippen molar-refractivity contribution in [3.63, 3.8) is 0 Å². The lowest BCUT2D eigenvalue weighted by Gasteiger charge is -1.99. The van der Waals surface area contributed by atoms with Crippen LogP contribution in [0, 0.1) is 6.92 Å². The zero-order valence-corrected chi connectivity index (χ0v) is 6.99. The standard InChI is InChI=1S/C7H11NOS/c1-5-6(3-8)7(9-2)4-10-5/h4H,3,8H2,1-2H3. The lowest BCUT2D eigenvalue weighted by Crippen LogP contribution is -1.98. The summed E-state index contributed by atoms with van der Waals surface area (Å²) in [6.45, 7) is 2.62. The predicted octanol–water partition coefficient (Wildman–Crippen LogP) is 1.52. The fourth-order valence-corrected chi connectivity index (χ4v) is 1.72. The number of rotatable bonds is 2. The molecule has 0 aromatic carbocycles. The largest absolute Gasteiger partial charge is 0.496 e. The van der Waals surface area contributed by atoms with E-state index in [9.17, 15) is 0 Å². The zero-order valence-electron chi connectivity index (χ0n) is 6.18. The minimum absolute atomic E-state index is 0.568. The Hall–Kier alpha value is -0.540. The first-order chi connectivity index (χ1) is 4.79. The molecule has 10 heavy (non-hydrogen) atoms. The minimum Gasteiger partial charge on any atom is -0.496 e. The summed E-state index contributed by atoms with van der Waals surface area (Å²) >= 11 is 1.68. The molecule has 3 heteroatoms. The van der Waals surface area contributed by atoms with Gasteiger partial charge in [0.1, 0.15) is 5.75 Å². The van der Waals surface area contributed by atoms with Crippen molar-refractivity contribution >= 4 is 11.3 Å². The van der Waals surface area contributed by atoms with Gasteiger partial charge in [0.05, 0.1) is 7.11 Å². The smallest absolute Gasteiger partial charge is 0.134 e. The lowest BCUT2D eigenvalue weighted by atomic mass is 10.2. The van der Waals surface area contributed by atoms with E-state index in [0.29, 0.717) is 6.54 Å². The Morgan fingerprint density at radius 2 is 2.40 bits per heavy atom. The van der Waals surface area contributed by atoms with Gasteiger partial charge in [-0.3, -0.25) is 0 Å². The molecule has 1 heterocycles. The lowest BCUT2D eigenvalue weighted by molar-refractivity contribution is 0.412. The summed E-state index contributed by atoms with van der Waals surface area (Å²) in [5, 5.41) is 1.98. The van der Waals surface area contributed by atoms with E-state index in [1.54, 1.807) is 18.4 Å². The predicted molar refractivity (Wildman–Crippen MR) is 43.5 cm³/mol. The van der Waals surface area contributed by atoms with Gasteiger partial charge in [0.15, 0.2) is 0 Å². The van der Waals surface area contributed by atoms with Gasteiger partial charge in [-0.25, -0.2) is 0 Å². The quantitative estimate of drug-likeness (QED) is 0.706. The average molecular weight is 157 g/mol. The van der Waals surface area contributed by atoms with Crippen LogP contribution in [0.3, 0.4) is 0 Å². The van der Waals surface area contributed by atoms with Crippen LogP contribution in [0.25, 0.3) is 0 Å². The molecule has 0 aliphatic heterocycles. The minimum atomic E-state index is 0.568. The van der Waals surface area contributed by atoms with E-state index in [4.69, 9.17) is 10.5 Å². The second-order valence-corrected chi connectivity index (χ2v) is 3.13. The average Bonchev–Trinajstić information content (AvgIpc) is 2.30. The normalized spacial score (nSPS) is 9.90. The van der Waals surface area contributed by atoms with E-state index in [0.717, 1.165) is 11.3 Å². The Bertz CT molecular complexity index is 219. The third kappa shape index (κ3) is 1.15. The van der Waals surface area contributed by atoms with Crippen molar-refractivity contribution in [2.45, 2.75) is 13.5 Å². The maximum Gasteiger partial charge on any atom is 0.134 e. The topological polar surface area (TPSA) is 35.2 Å². The summed E-state index contributed by atoms with van der Waals surface area (Å²) in [5.74, 6) is 0.921.